The third kappa shape index (κ3) is 6.75. The van der Waals surface area contributed by atoms with Crippen LogP contribution in [0.3, 0.4) is 0 Å². The molecular formula is C28H39NO6. The van der Waals surface area contributed by atoms with Gasteiger partial charge in [0.05, 0.1) is 39.4 Å². The lowest BCUT2D eigenvalue weighted by Gasteiger charge is -2.36. The van der Waals surface area contributed by atoms with Crippen LogP contribution >= 0.6 is 0 Å². The van der Waals surface area contributed by atoms with E-state index in [1.165, 1.54) is 14.2 Å². The Kier molecular flexibility index (Phi) is 10.6. The zero-order valence-corrected chi connectivity index (χ0v) is 22.1. The number of hydrogen-bond donors (Lipinski definition) is 0. The van der Waals surface area contributed by atoms with Gasteiger partial charge in [0.1, 0.15) is 0 Å². The van der Waals surface area contributed by atoms with Gasteiger partial charge in [-0.2, -0.15) is 0 Å². The molecule has 0 spiro atoms. The second-order valence-electron chi connectivity index (χ2n) is 9.04. The summed E-state index contributed by atoms with van der Waals surface area (Å²) in [5.41, 5.74) is 1.70. The minimum Gasteiger partial charge on any atom is -0.493 e. The standard InChI is InChI=1S/C28H39NO6/c1-20(2)28(27(31)35-7,23-12-13-24(32-4)25(19-23)33-5)15-9-16-29(3)17-14-21-10-8-11-22(18-21)26(30)34-6/h8,10-13,18-20H,9,14-17H2,1-7H3. The number of hydrogen-bond acceptors (Lipinski definition) is 7. The largest absolute Gasteiger partial charge is 0.493 e. The number of nitrogens with zero attached hydrogens (tertiary/aromatic N) is 1. The molecule has 0 saturated heterocycles. The van der Waals surface area contributed by atoms with Crippen molar-refractivity contribution in [2.75, 3.05) is 48.6 Å². The quantitative estimate of drug-likeness (QED) is 0.387. The summed E-state index contributed by atoms with van der Waals surface area (Å²) in [6.45, 7) is 5.74. The predicted molar refractivity (Wildman–Crippen MR) is 136 cm³/mol. The van der Waals surface area contributed by atoms with E-state index in [9.17, 15) is 9.59 Å². The molecule has 1 atom stereocenters. The Morgan fingerprint density at radius 3 is 2.23 bits per heavy atom. The maximum Gasteiger partial charge on any atom is 0.337 e. The van der Waals surface area contributed by atoms with Gasteiger partial charge in [0.2, 0.25) is 0 Å². The Hall–Kier alpha value is -3.06. The number of carbonyl (C=O) groups excluding carboxylic acids is 2. The molecule has 35 heavy (non-hydrogen) atoms. The van der Waals surface area contributed by atoms with Gasteiger partial charge >= 0.3 is 11.9 Å². The molecule has 2 rings (SSSR count). The highest BCUT2D eigenvalue weighted by molar-refractivity contribution is 5.89. The molecule has 0 saturated carbocycles. The highest BCUT2D eigenvalue weighted by Gasteiger charge is 2.44. The Morgan fingerprint density at radius 2 is 1.63 bits per heavy atom. The van der Waals surface area contributed by atoms with E-state index in [0.717, 1.165) is 37.1 Å². The molecule has 0 aromatic heterocycles. The normalized spacial score (nSPS) is 12.8. The Balaban J connectivity index is 2.12. The van der Waals surface area contributed by atoms with E-state index in [2.05, 4.69) is 11.9 Å². The van der Waals surface area contributed by atoms with Crippen molar-refractivity contribution >= 4 is 11.9 Å². The van der Waals surface area contributed by atoms with Crippen LogP contribution in [0.2, 0.25) is 0 Å². The molecule has 0 N–H and O–H groups in total. The molecule has 0 bridgehead atoms. The summed E-state index contributed by atoms with van der Waals surface area (Å²) in [5.74, 6) is 0.643. The van der Waals surface area contributed by atoms with Gasteiger partial charge in [-0.15, -0.1) is 0 Å². The van der Waals surface area contributed by atoms with E-state index < -0.39 is 5.41 Å². The minimum atomic E-state index is -0.802. The molecule has 0 aliphatic heterocycles. The van der Waals surface area contributed by atoms with Crippen LogP contribution in [0.15, 0.2) is 42.5 Å². The second kappa shape index (κ2) is 13.1. The van der Waals surface area contributed by atoms with Crippen LogP contribution in [0.5, 0.6) is 11.5 Å². The zero-order valence-electron chi connectivity index (χ0n) is 22.1. The number of carbonyl (C=O) groups is 2. The van der Waals surface area contributed by atoms with E-state index in [1.807, 2.05) is 50.2 Å². The van der Waals surface area contributed by atoms with Crippen molar-refractivity contribution in [2.24, 2.45) is 5.92 Å². The first-order valence-corrected chi connectivity index (χ1v) is 11.9. The molecule has 192 valence electrons. The molecule has 7 nitrogen and oxygen atoms in total. The number of likely N-dealkylation sites (N-methyl/N-ethyl adjacent to an activating group) is 1. The molecule has 0 fully saturated rings. The Bertz CT molecular complexity index is 989. The van der Waals surface area contributed by atoms with Crippen molar-refractivity contribution in [3.05, 3.63) is 59.2 Å². The van der Waals surface area contributed by atoms with Gasteiger partial charge in [0.15, 0.2) is 11.5 Å². The average molecular weight is 486 g/mol. The average Bonchev–Trinajstić information content (AvgIpc) is 2.88. The lowest BCUT2D eigenvalue weighted by Crippen LogP contribution is -2.42. The van der Waals surface area contributed by atoms with Crippen molar-refractivity contribution in [1.82, 2.24) is 4.90 Å². The van der Waals surface area contributed by atoms with Crippen molar-refractivity contribution in [3.63, 3.8) is 0 Å². The van der Waals surface area contributed by atoms with Gasteiger partial charge < -0.3 is 23.8 Å². The summed E-state index contributed by atoms with van der Waals surface area (Å²) < 4.78 is 21.0. The highest BCUT2D eigenvalue weighted by Crippen LogP contribution is 2.41. The van der Waals surface area contributed by atoms with Crippen LogP contribution in [0.4, 0.5) is 0 Å². The van der Waals surface area contributed by atoms with E-state index in [4.69, 9.17) is 18.9 Å². The maximum absolute atomic E-state index is 13.2. The van der Waals surface area contributed by atoms with E-state index in [0.29, 0.717) is 23.5 Å². The van der Waals surface area contributed by atoms with Crippen molar-refractivity contribution in [2.45, 2.75) is 38.5 Å². The van der Waals surface area contributed by atoms with E-state index >= 15 is 0 Å². The van der Waals surface area contributed by atoms with Crippen LogP contribution < -0.4 is 9.47 Å². The first-order chi connectivity index (χ1) is 16.7. The van der Waals surface area contributed by atoms with Gasteiger partial charge in [-0.25, -0.2) is 4.79 Å². The predicted octanol–water partition coefficient (Wildman–Crippen LogP) is 4.51. The van der Waals surface area contributed by atoms with Crippen molar-refractivity contribution in [3.8, 4) is 11.5 Å². The molecule has 7 heteroatoms. The van der Waals surface area contributed by atoms with Gasteiger partial charge in [0.25, 0.3) is 0 Å². The lowest BCUT2D eigenvalue weighted by molar-refractivity contribution is -0.150. The molecule has 2 aromatic carbocycles. The fraction of sp³-hybridized carbons (Fsp3) is 0.500. The van der Waals surface area contributed by atoms with Crippen LogP contribution in [-0.4, -0.2) is 65.4 Å². The van der Waals surface area contributed by atoms with E-state index in [-0.39, 0.29) is 17.9 Å². The molecule has 0 aliphatic carbocycles. The summed E-state index contributed by atoms with van der Waals surface area (Å²) in [5, 5.41) is 0. The van der Waals surface area contributed by atoms with Crippen molar-refractivity contribution < 1.29 is 28.5 Å². The zero-order chi connectivity index (χ0) is 26.0. The highest BCUT2D eigenvalue weighted by atomic mass is 16.5. The number of rotatable bonds is 13. The van der Waals surface area contributed by atoms with Gasteiger partial charge in [-0.1, -0.05) is 32.0 Å². The molecule has 0 amide bonds. The lowest BCUT2D eigenvalue weighted by atomic mass is 9.68. The summed E-state index contributed by atoms with van der Waals surface area (Å²) >= 11 is 0. The Morgan fingerprint density at radius 1 is 0.914 bits per heavy atom. The third-order valence-electron chi connectivity index (χ3n) is 6.68. The summed E-state index contributed by atoms with van der Waals surface area (Å²) in [7, 11) is 8.07. The molecule has 1 unspecified atom stereocenters. The van der Waals surface area contributed by atoms with Gasteiger partial charge in [0, 0.05) is 6.54 Å². The molecule has 2 aromatic rings. The number of benzene rings is 2. The molecular weight excluding hydrogens is 446 g/mol. The molecule has 0 radical (unpaired) electrons. The minimum absolute atomic E-state index is 0.0134. The van der Waals surface area contributed by atoms with Crippen LogP contribution in [0.1, 0.15) is 48.2 Å². The van der Waals surface area contributed by atoms with Gasteiger partial charge in [-0.05, 0) is 74.2 Å². The Labute approximate surface area is 209 Å². The topological polar surface area (TPSA) is 74.3 Å². The van der Waals surface area contributed by atoms with Crippen molar-refractivity contribution in [1.29, 1.82) is 0 Å². The number of esters is 2. The first-order valence-electron chi connectivity index (χ1n) is 11.9. The van der Waals surface area contributed by atoms with E-state index in [1.54, 1.807) is 20.3 Å². The fourth-order valence-electron chi connectivity index (χ4n) is 4.55. The maximum atomic E-state index is 13.2. The number of ether oxygens (including phenoxy) is 4. The smallest absolute Gasteiger partial charge is 0.337 e. The van der Waals surface area contributed by atoms with Crippen LogP contribution in [0, 0.1) is 5.92 Å². The summed E-state index contributed by atoms with van der Waals surface area (Å²) in [6.07, 6.45) is 2.25. The third-order valence-corrected chi connectivity index (χ3v) is 6.68. The molecule has 0 aliphatic rings. The molecule has 0 heterocycles. The van der Waals surface area contributed by atoms with Crippen LogP contribution in [0.25, 0.3) is 0 Å². The fourth-order valence-corrected chi connectivity index (χ4v) is 4.55. The monoisotopic (exact) mass is 485 g/mol. The number of methoxy groups -OCH3 is 4. The SMILES string of the molecule is COC(=O)c1cccc(CCN(C)CCCC(C(=O)OC)(c2ccc(OC)c(OC)c2)C(C)C)c1. The second-order valence-corrected chi connectivity index (χ2v) is 9.04. The summed E-state index contributed by atoms with van der Waals surface area (Å²) in [4.78, 5) is 27.2. The van der Waals surface area contributed by atoms with Gasteiger partial charge in [-0.3, -0.25) is 4.79 Å². The van der Waals surface area contributed by atoms with Crippen LogP contribution in [-0.2, 0) is 26.1 Å². The summed E-state index contributed by atoms with van der Waals surface area (Å²) in [6, 6.07) is 13.2. The first kappa shape index (κ1) is 28.2.